The molecule has 0 bridgehead atoms. The van der Waals surface area contributed by atoms with Crippen LogP contribution in [-0.4, -0.2) is 17.0 Å². The van der Waals surface area contributed by atoms with Crippen molar-refractivity contribution in [2.24, 2.45) is 0 Å². The van der Waals surface area contributed by atoms with Crippen molar-refractivity contribution in [2.45, 2.75) is 0 Å². The third-order valence-electron chi connectivity index (χ3n) is 1.45. The molecular formula is C8H4BrF2NO3. The molecule has 0 spiro atoms. The second kappa shape index (κ2) is 4.35. The molecule has 0 aromatic heterocycles. The zero-order valence-corrected chi connectivity index (χ0v) is 8.64. The zero-order valence-electron chi connectivity index (χ0n) is 7.05. The second-order valence-electron chi connectivity index (χ2n) is 2.51. The van der Waals surface area contributed by atoms with Gasteiger partial charge < -0.3 is 10.4 Å². The Bertz CT molecular complexity index is 436. The molecule has 0 saturated carbocycles. The zero-order chi connectivity index (χ0) is 11.6. The minimum atomic E-state index is -1.75. The first-order valence-corrected chi connectivity index (χ1v) is 4.40. The van der Waals surface area contributed by atoms with E-state index in [1.54, 1.807) is 5.32 Å². The number of carboxylic acid groups (broad SMARTS) is 1. The molecular weight excluding hydrogens is 276 g/mol. The highest BCUT2D eigenvalue weighted by atomic mass is 79.9. The normalized spacial score (nSPS) is 9.80. The molecule has 1 rings (SSSR count). The van der Waals surface area contributed by atoms with Gasteiger partial charge in [0.05, 0.1) is 10.2 Å². The van der Waals surface area contributed by atoms with E-state index < -0.39 is 29.2 Å². The Balaban J connectivity index is 3.01. The highest BCUT2D eigenvalue weighted by Crippen LogP contribution is 2.23. The van der Waals surface area contributed by atoms with Crippen molar-refractivity contribution >= 4 is 33.5 Å². The summed E-state index contributed by atoms with van der Waals surface area (Å²) in [6, 6.07) is 1.47. The van der Waals surface area contributed by atoms with Crippen LogP contribution in [0, 0.1) is 11.6 Å². The van der Waals surface area contributed by atoms with Crippen molar-refractivity contribution in [3.8, 4) is 0 Å². The van der Waals surface area contributed by atoms with Crippen LogP contribution in [0.25, 0.3) is 0 Å². The second-order valence-corrected chi connectivity index (χ2v) is 3.36. The third kappa shape index (κ3) is 2.72. The van der Waals surface area contributed by atoms with E-state index in [1.807, 2.05) is 0 Å². The molecule has 0 radical (unpaired) electrons. The molecule has 1 amide bonds. The van der Waals surface area contributed by atoms with Gasteiger partial charge in [-0.05, 0) is 22.0 Å². The van der Waals surface area contributed by atoms with Gasteiger partial charge in [-0.15, -0.1) is 0 Å². The van der Waals surface area contributed by atoms with E-state index >= 15 is 0 Å². The van der Waals surface area contributed by atoms with Gasteiger partial charge >= 0.3 is 11.9 Å². The van der Waals surface area contributed by atoms with Crippen molar-refractivity contribution in [2.75, 3.05) is 5.32 Å². The summed E-state index contributed by atoms with van der Waals surface area (Å²) in [4.78, 5) is 20.8. The van der Waals surface area contributed by atoms with Crippen molar-refractivity contribution < 1.29 is 23.5 Å². The van der Waals surface area contributed by atoms with Crippen LogP contribution in [0.15, 0.2) is 16.6 Å². The summed E-state index contributed by atoms with van der Waals surface area (Å²) in [5.41, 5.74) is -0.407. The van der Waals surface area contributed by atoms with Crippen molar-refractivity contribution in [1.82, 2.24) is 0 Å². The maximum absolute atomic E-state index is 13.0. The molecule has 7 heteroatoms. The van der Waals surface area contributed by atoms with Gasteiger partial charge in [0.1, 0.15) is 11.6 Å². The van der Waals surface area contributed by atoms with E-state index in [0.29, 0.717) is 6.07 Å². The highest BCUT2D eigenvalue weighted by molar-refractivity contribution is 9.10. The van der Waals surface area contributed by atoms with Crippen molar-refractivity contribution in [3.05, 3.63) is 28.2 Å². The summed E-state index contributed by atoms with van der Waals surface area (Å²) in [7, 11) is 0. The summed E-state index contributed by atoms with van der Waals surface area (Å²) in [6.45, 7) is 0. The average Bonchev–Trinajstić information content (AvgIpc) is 2.13. The fourth-order valence-corrected chi connectivity index (χ4v) is 1.14. The minimum absolute atomic E-state index is 0.0791. The van der Waals surface area contributed by atoms with E-state index in [-0.39, 0.29) is 4.47 Å². The molecule has 0 saturated heterocycles. The van der Waals surface area contributed by atoms with E-state index in [1.165, 1.54) is 0 Å². The van der Waals surface area contributed by atoms with Gasteiger partial charge in [0.25, 0.3) is 0 Å². The number of hydrogen-bond donors (Lipinski definition) is 2. The maximum Gasteiger partial charge on any atom is 0.394 e. The lowest BCUT2D eigenvalue weighted by molar-refractivity contribution is -0.147. The molecule has 4 nitrogen and oxygen atoms in total. The highest BCUT2D eigenvalue weighted by Gasteiger charge is 2.15. The largest absolute Gasteiger partial charge is 0.474 e. The first-order valence-electron chi connectivity index (χ1n) is 3.60. The molecule has 0 aliphatic carbocycles. The van der Waals surface area contributed by atoms with Crippen LogP contribution >= 0.6 is 15.9 Å². The van der Waals surface area contributed by atoms with Crippen molar-refractivity contribution in [3.63, 3.8) is 0 Å². The minimum Gasteiger partial charge on any atom is -0.474 e. The van der Waals surface area contributed by atoms with Gasteiger partial charge in [-0.3, -0.25) is 4.79 Å². The number of benzene rings is 1. The van der Waals surface area contributed by atoms with Crippen LogP contribution in [-0.2, 0) is 9.59 Å². The summed E-state index contributed by atoms with van der Waals surface area (Å²) < 4.78 is 25.6. The Labute approximate surface area is 91.0 Å². The molecule has 1 aromatic rings. The monoisotopic (exact) mass is 279 g/mol. The molecule has 0 atom stereocenters. The molecule has 15 heavy (non-hydrogen) atoms. The maximum atomic E-state index is 13.0. The Hall–Kier alpha value is -1.50. The fourth-order valence-electron chi connectivity index (χ4n) is 0.794. The van der Waals surface area contributed by atoms with Crippen LogP contribution in [0.5, 0.6) is 0 Å². The molecule has 0 aliphatic rings. The third-order valence-corrected chi connectivity index (χ3v) is 2.06. The Morgan fingerprint density at radius 1 is 1.27 bits per heavy atom. The molecule has 0 heterocycles. The number of amides is 1. The fraction of sp³-hybridized carbons (Fsp3) is 0. The van der Waals surface area contributed by atoms with Gasteiger partial charge in [0, 0.05) is 6.07 Å². The Morgan fingerprint density at radius 2 is 1.87 bits per heavy atom. The van der Waals surface area contributed by atoms with E-state index in [0.717, 1.165) is 6.07 Å². The predicted molar refractivity (Wildman–Crippen MR) is 50.3 cm³/mol. The standard InChI is InChI=1S/C8H4BrF2NO3/c9-3-1-6(5(11)2-4(3)10)12-7(13)8(14)15/h1-2H,(H,12,13)(H,14,15). The number of anilines is 1. The lowest BCUT2D eigenvalue weighted by Crippen LogP contribution is -2.22. The lowest BCUT2D eigenvalue weighted by Gasteiger charge is -2.04. The topological polar surface area (TPSA) is 66.4 Å². The van der Waals surface area contributed by atoms with Gasteiger partial charge in [-0.2, -0.15) is 0 Å². The molecule has 0 unspecified atom stereocenters. The smallest absolute Gasteiger partial charge is 0.394 e. The summed E-state index contributed by atoms with van der Waals surface area (Å²) >= 11 is 2.77. The molecule has 0 aliphatic heterocycles. The van der Waals surface area contributed by atoms with E-state index in [4.69, 9.17) is 5.11 Å². The quantitative estimate of drug-likeness (QED) is 0.608. The van der Waals surface area contributed by atoms with Gasteiger partial charge in [0.2, 0.25) is 0 Å². The van der Waals surface area contributed by atoms with Crippen LogP contribution in [0.3, 0.4) is 0 Å². The van der Waals surface area contributed by atoms with E-state index in [2.05, 4.69) is 15.9 Å². The number of halogens is 3. The molecule has 0 fully saturated rings. The van der Waals surface area contributed by atoms with Crippen molar-refractivity contribution in [1.29, 1.82) is 0 Å². The molecule has 2 N–H and O–H groups in total. The van der Waals surface area contributed by atoms with Crippen LogP contribution in [0.1, 0.15) is 0 Å². The molecule has 80 valence electrons. The van der Waals surface area contributed by atoms with Crippen LogP contribution < -0.4 is 5.32 Å². The van der Waals surface area contributed by atoms with Gasteiger partial charge in [-0.1, -0.05) is 0 Å². The van der Waals surface area contributed by atoms with Gasteiger partial charge in [-0.25, -0.2) is 13.6 Å². The first-order chi connectivity index (χ1) is 6.91. The first kappa shape index (κ1) is 11.6. The summed E-state index contributed by atoms with van der Waals surface area (Å²) in [5, 5.41) is 10.0. The van der Waals surface area contributed by atoms with E-state index in [9.17, 15) is 18.4 Å². The number of nitrogens with one attached hydrogen (secondary N) is 1. The molecule has 1 aromatic carbocycles. The summed E-state index contributed by atoms with van der Waals surface area (Å²) in [6.07, 6.45) is 0. The number of aliphatic carboxylic acids is 1. The number of rotatable bonds is 1. The number of hydrogen-bond acceptors (Lipinski definition) is 2. The van der Waals surface area contributed by atoms with Crippen LogP contribution in [0.2, 0.25) is 0 Å². The number of carbonyl (C=O) groups is 2. The van der Waals surface area contributed by atoms with Gasteiger partial charge in [0.15, 0.2) is 0 Å². The summed E-state index contributed by atoms with van der Waals surface area (Å²) in [5.74, 6) is -5.05. The Kier molecular flexibility index (Phi) is 3.35. The lowest BCUT2D eigenvalue weighted by atomic mass is 10.3. The predicted octanol–water partition coefficient (Wildman–Crippen LogP) is 1.75. The Morgan fingerprint density at radius 3 is 2.40 bits per heavy atom. The average molecular weight is 280 g/mol. The van der Waals surface area contributed by atoms with Crippen LogP contribution in [0.4, 0.5) is 14.5 Å². The number of carboxylic acids is 1. The SMILES string of the molecule is O=C(O)C(=O)Nc1cc(Br)c(F)cc1F. The number of carbonyl (C=O) groups excluding carboxylic acids is 1.